The van der Waals surface area contributed by atoms with Crippen LogP contribution in [0.2, 0.25) is 0 Å². The molecule has 2 aromatic rings. The molecule has 0 amide bonds. The van der Waals surface area contributed by atoms with Crippen LogP contribution in [-0.2, 0) is 0 Å². The van der Waals surface area contributed by atoms with Gasteiger partial charge in [-0.15, -0.1) is 0 Å². The molecule has 0 spiro atoms. The summed E-state index contributed by atoms with van der Waals surface area (Å²) in [5.41, 5.74) is 0.862. The first-order valence-corrected chi connectivity index (χ1v) is 4.85. The van der Waals surface area contributed by atoms with Crippen LogP contribution in [0.3, 0.4) is 0 Å². The minimum Gasteiger partial charge on any atom is -0.497 e. The molecule has 1 heterocycles. The maximum Gasteiger partial charge on any atom is 0.181 e. The highest BCUT2D eigenvalue weighted by Gasteiger charge is 2.07. The Morgan fingerprint density at radius 2 is 1.69 bits per heavy atom. The number of benzene rings is 1. The number of H-pyrrole nitrogens is 1. The van der Waals surface area contributed by atoms with Gasteiger partial charge in [-0.05, 0) is 19.1 Å². The van der Waals surface area contributed by atoms with Crippen LogP contribution in [0.15, 0.2) is 18.2 Å². The van der Waals surface area contributed by atoms with Gasteiger partial charge >= 0.3 is 0 Å². The van der Waals surface area contributed by atoms with Crippen LogP contribution in [0.4, 0.5) is 0 Å². The highest BCUT2D eigenvalue weighted by molar-refractivity contribution is 5.60. The Labute approximate surface area is 93.4 Å². The smallest absolute Gasteiger partial charge is 0.181 e. The zero-order valence-electron chi connectivity index (χ0n) is 9.44. The van der Waals surface area contributed by atoms with Gasteiger partial charge in [0.15, 0.2) is 5.82 Å². The standard InChI is InChI=1S/C11H13N3O2/c1-7-12-11(14-13-7)8-4-9(15-2)6-10(5-8)16-3/h4-6H,1-3H3,(H,12,13,14). The molecule has 0 aliphatic heterocycles. The van der Waals surface area contributed by atoms with Crippen molar-refractivity contribution >= 4 is 0 Å². The maximum atomic E-state index is 5.18. The number of rotatable bonds is 3. The van der Waals surface area contributed by atoms with Crippen LogP contribution in [0.25, 0.3) is 11.4 Å². The molecular formula is C11H13N3O2. The molecule has 84 valence electrons. The van der Waals surface area contributed by atoms with Gasteiger partial charge in [0.05, 0.1) is 14.2 Å². The summed E-state index contributed by atoms with van der Waals surface area (Å²) in [6.45, 7) is 1.86. The molecule has 0 aliphatic carbocycles. The second kappa shape index (κ2) is 4.22. The van der Waals surface area contributed by atoms with Crippen LogP contribution in [-0.4, -0.2) is 29.4 Å². The van der Waals surface area contributed by atoms with E-state index in [-0.39, 0.29) is 0 Å². The summed E-state index contributed by atoms with van der Waals surface area (Å²) >= 11 is 0. The molecule has 1 aromatic carbocycles. The number of aromatic nitrogens is 3. The van der Waals surface area contributed by atoms with Gasteiger partial charge in [-0.25, -0.2) is 4.98 Å². The Morgan fingerprint density at radius 1 is 1.06 bits per heavy atom. The third-order valence-corrected chi connectivity index (χ3v) is 2.21. The summed E-state index contributed by atoms with van der Waals surface area (Å²) in [4.78, 5) is 4.25. The van der Waals surface area contributed by atoms with Gasteiger partial charge < -0.3 is 9.47 Å². The predicted octanol–water partition coefficient (Wildman–Crippen LogP) is 1.80. The summed E-state index contributed by atoms with van der Waals surface area (Å²) in [7, 11) is 3.23. The fourth-order valence-corrected chi connectivity index (χ4v) is 1.41. The fourth-order valence-electron chi connectivity index (χ4n) is 1.41. The lowest BCUT2D eigenvalue weighted by molar-refractivity contribution is 0.394. The molecule has 0 fully saturated rings. The first kappa shape index (κ1) is 10.5. The van der Waals surface area contributed by atoms with Crippen molar-refractivity contribution < 1.29 is 9.47 Å². The first-order chi connectivity index (χ1) is 7.72. The van der Waals surface area contributed by atoms with Crippen molar-refractivity contribution in [2.24, 2.45) is 0 Å². The highest BCUT2D eigenvalue weighted by Crippen LogP contribution is 2.27. The molecule has 5 nitrogen and oxygen atoms in total. The van der Waals surface area contributed by atoms with E-state index in [1.807, 2.05) is 25.1 Å². The molecule has 0 radical (unpaired) electrons. The second-order valence-electron chi connectivity index (χ2n) is 3.35. The molecule has 2 rings (SSSR count). The topological polar surface area (TPSA) is 60.0 Å². The lowest BCUT2D eigenvalue weighted by Crippen LogP contribution is -1.89. The SMILES string of the molecule is COc1cc(OC)cc(-c2n[nH]c(C)n2)c1. The largest absolute Gasteiger partial charge is 0.497 e. The van der Waals surface area contributed by atoms with Crippen molar-refractivity contribution in [3.63, 3.8) is 0 Å². The molecule has 1 aromatic heterocycles. The van der Waals surface area contributed by atoms with Gasteiger partial charge in [0.1, 0.15) is 17.3 Å². The third kappa shape index (κ3) is 1.98. The number of ether oxygens (including phenoxy) is 2. The molecule has 0 aliphatic rings. The number of nitrogens with one attached hydrogen (secondary N) is 1. The normalized spacial score (nSPS) is 10.2. The predicted molar refractivity (Wildman–Crippen MR) is 59.7 cm³/mol. The Bertz CT molecular complexity index is 471. The van der Waals surface area contributed by atoms with E-state index >= 15 is 0 Å². The van der Waals surface area contributed by atoms with Crippen molar-refractivity contribution in [1.29, 1.82) is 0 Å². The molecule has 1 N–H and O–H groups in total. The summed E-state index contributed by atoms with van der Waals surface area (Å²) in [5.74, 6) is 2.85. The number of methoxy groups -OCH3 is 2. The lowest BCUT2D eigenvalue weighted by Gasteiger charge is -2.05. The molecule has 0 saturated carbocycles. The van der Waals surface area contributed by atoms with Gasteiger partial charge in [0.25, 0.3) is 0 Å². The average molecular weight is 219 g/mol. The quantitative estimate of drug-likeness (QED) is 0.855. The summed E-state index contributed by atoms with van der Waals surface area (Å²) in [6, 6.07) is 5.54. The molecule has 16 heavy (non-hydrogen) atoms. The second-order valence-corrected chi connectivity index (χ2v) is 3.35. The molecular weight excluding hydrogens is 206 g/mol. The molecule has 0 atom stereocenters. The Hall–Kier alpha value is -2.04. The van der Waals surface area contributed by atoms with E-state index in [1.54, 1.807) is 14.2 Å². The molecule has 0 bridgehead atoms. The maximum absolute atomic E-state index is 5.18. The van der Waals surface area contributed by atoms with Gasteiger partial charge in [-0.3, -0.25) is 5.10 Å². The van der Waals surface area contributed by atoms with Crippen LogP contribution in [0.5, 0.6) is 11.5 Å². The first-order valence-electron chi connectivity index (χ1n) is 4.85. The molecule has 5 heteroatoms. The molecule has 0 unspecified atom stereocenters. The summed E-state index contributed by atoms with van der Waals surface area (Å²) < 4.78 is 10.4. The zero-order valence-corrected chi connectivity index (χ0v) is 9.44. The van der Waals surface area contributed by atoms with E-state index in [0.717, 1.165) is 22.9 Å². The highest BCUT2D eigenvalue weighted by atomic mass is 16.5. The van der Waals surface area contributed by atoms with Crippen molar-refractivity contribution in [3.8, 4) is 22.9 Å². The van der Waals surface area contributed by atoms with Gasteiger partial charge in [-0.1, -0.05) is 0 Å². The lowest BCUT2D eigenvalue weighted by atomic mass is 10.2. The fraction of sp³-hybridized carbons (Fsp3) is 0.273. The number of aryl methyl sites for hydroxylation is 1. The summed E-state index contributed by atoms with van der Waals surface area (Å²) in [5, 5.41) is 6.89. The van der Waals surface area contributed by atoms with Crippen molar-refractivity contribution in [3.05, 3.63) is 24.0 Å². The summed E-state index contributed by atoms with van der Waals surface area (Å²) in [6.07, 6.45) is 0. The number of nitrogens with zero attached hydrogens (tertiary/aromatic N) is 2. The zero-order chi connectivity index (χ0) is 11.5. The Kier molecular flexibility index (Phi) is 2.76. The van der Waals surface area contributed by atoms with E-state index in [1.165, 1.54) is 0 Å². The van der Waals surface area contributed by atoms with Crippen LogP contribution in [0, 0.1) is 6.92 Å². The molecule has 0 saturated heterocycles. The van der Waals surface area contributed by atoms with E-state index in [0.29, 0.717) is 5.82 Å². The van der Waals surface area contributed by atoms with Gasteiger partial charge in [0.2, 0.25) is 0 Å². The van der Waals surface area contributed by atoms with Crippen LogP contribution < -0.4 is 9.47 Å². The minimum atomic E-state index is 0.634. The van der Waals surface area contributed by atoms with Crippen molar-refractivity contribution in [1.82, 2.24) is 15.2 Å². The number of aromatic amines is 1. The minimum absolute atomic E-state index is 0.634. The average Bonchev–Trinajstić information content (AvgIpc) is 2.75. The van der Waals surface area contributed by atoms with Gasteiger partial charge in [0, 0.05) is 11.6 Å². The van der Waals surface area contributed by atoms with Crippen molar-refractivity contribution in [2.45, 2.75) is 6.92 Å². The van der Waals surface area contributed by atoms with E-state index in [9.17, 15) is 0 Å². The van der Waals surface area contributed by atoms with Crippen LogP contribution in [0.1, 0.15) is 5.82 Å². The van der Waals surface area contributed by atoms with Crippen LogP contribution >= 0.6 is 0 Å². The van der Waals surface area contributed by atoms with Crippen molar-refractivity contribution in [2.75, 3.05) is 14.2 Å². The van der Waals surface area contributed by atoms with E-state index in [2.05, 4.69) is 15.2 Å². The number of hydrogen-bond donors (Lipinski definition) is 1. The van der Waals surface area contributed by atoms with E-state index in [4.69, 9.17) is 9.47 Å². The Balaban J connectivity index is 2.47. The van der Waals surface area contributed by atoms with Gasteiger partial charge in [-0.2, -0.15) is 5.10 Å². The monoisotopic (exact) mass is 219 g/mol. The Morgan fingerprint density at radius 3 is 2.12 bits per heavy atom. The third-order valence-electron chi connectivity index (χ3n) is 2.21. The van der Waals surface area contributed by atoms with E-state index < -0.39 is 0 Å². The number of hydrogen-bond acceptors (Lipinski definition) is 4.